The minimum atomic E-state index is -0.484. The second kappa shape index (κ2) is 7.22. The fourth-order valence-corrected chi connectivity index (χ4v) is 1.80. The van der Waals surface area contributed by atoms with Gasteiger partial charge in [-0.3, -0.25) is 9.59 Å². The number of hydrogen-bond acceptors (Lipinski definition) is 3. The minimum Gasteiger partial charge on any atom is -0.460 e. The molecule has 0 heterocycles. The third-order valence-corrected chi connectivity index (χ3v) is 2.84. The van der Waals surface area contributed by atoms with Gasteiger partial charge in [-0.15, -0.1) is 0 Å². The highest BCUT2D eigenvalue weighted by Crippen LogP contribution is 2.11. The Morgan fingerprint density at radius 1 is 1.00 bits per heavy atom. The van der Waals surface area contributed by atoms with Crippen LogP contribution in [0.1, 0.15) is 51.2 Å². The standard InChI is InChI=1S/C17H24O3/c1-13-5-7-14(8-6-13)9-10-15(18)11-12-16(19)20-17(2,3)4/h5-8H,9-12H2,1-4H3. The number of ether oxygens (including phenoxy) is 1. The van der Waals surface area contributed by atoms with Gasteiger partial charge in [0.2, 0.25) is 0 Å². The third kappa shape index (κ3) is 7.07. The molecule has 0 aliphatic carbocycles. The maximum atomic E-state index is 11.7. The maximum absolute atomic E-state index is 11.7. The lowest BCUT2D eigenvalue weighted by Crippen LogP contribution is -2.24. The predicted molar refractivity (Wildman–Crippen MR) is 79.6 cm³/mol. The molecule has 3 nitrogen and oxygen atoms in total. The summed E-state index contributed by atoms with van der Waals surface area (Å²) in [5.74, 6) is -0.197. The first-order valence-corrected chi connectivity index (χ1v) is 7.05. The van der Waals surface area contributed by atoms with E-state index in [9.17, 15) is 9.59 Å². The Morgan fingerprint density at radius 2 is 1.60 bits per heavy atom. The van der Waals surface area contributed by atoms with Crippen LogP contribution in [0.25, 0.3) is 0 Å². The minimum absolute atomic E-state index is 0.108. The molecule has 3 heteroatoms. The zero-order valence-electron chi connectivity index (χ0n) is 12.9. The van der Waals surface area contributed by atoms with Crippen LogP contribution in [-0.4, -0.2) is 17.4 Å². The Hall–Kier alpha value is -1.64. The van der Waals surface area contributed by atoms with Crippen molar-refractivity contribution in [2.75, 3.05) is 0 Å². The van der Waals surface area contributed by atoms with Crippen LogP contribution in [0.15, 0.2) is 24.3 Å². The molecular formula is C17H24O3. The van der Waals surface area contributed by atoms with Gasteiger partial charge in [0, 0.05) is 12.8 Å². The molecule has 0 aliphatic heterocycles. The summed E-state index contributed by atoms with van der Waals surface area (Å²) in [6, 6.07) is 8.16. The fourth-order valence-electron chi connectivity index (χ4n) is 1.80. The van der Waals surface area contributed by atoms with E-state index < -0.39 is 5.60 Å². The van der Waals surface area contributed by atoms with Crippen molar-refractivity contribution in [3.05, 3.63) is 35.4 Å². The lowest BCUT2D eigenvalue weighted by molar-refractivity contribution is -0.155. The highest BCUT2D eigenvalue weighted by Gasteiger charge is 2.16. The van der Waals surface area contributed by atoms with Crippen molar-refractivity contribution < 1.29 is 14.3 Å². The van der Waals surface area contributed by atoms with Crippen LogP contribution < -0.4 is 0 Å². The van der Waals surface area contributed by atoms with Crippen LogP contribution >= 0.6 is 0 Å². The molecule has 1 rings (SSSR count). The third-order valence-electron chi connectivity index (χ3n) is 2.84. The van der Waals surface area contributed by atoms with Crippen LogP contribution in [0, 0.1) is 6.92 Å². The molecule has 0 amide bonds. The van der Waals surface area contributed by atoms with Gasteiger partial charge in [0.1, 0.15) is 11.4 Å². The van der Waals surface area contributed by atoms with Crippen LogP contribution in [0.2, 0.25) is 0 Å². The molecular weight excluding hydrogens is 252 g/mol. The Balaban J connectivity index is 2.27. The second-order valence-electron chi connectivity index (χ2n) is 6.11. The van der Waals surface area contributed by atoms with E-state index in [2.05, 4.69) is 0 Å². The largest absolute Gasteiger partial charge is 0.460 e. The number of esters is 1. The van der Waals surface area contributed by atoms with E-state index in [1.54, 1.807) is 0 Å². The number of ketones is 1. The second-order valence-corrected chi connectivity index (χ2v) is 6.11. The molecule has 0 aromatic heterocycles. The van der Waals surface area contributed by atoms with Gasteiger partial charge in [0.25, 0.3) is 0 Å². The molecule has 0 saturated heterocycles. The molecule has 1 aromatic carbocycles. The van der Waals surface area contributed by atoms with Gasteiger partial charge in [-0.2, -0.15) is 0 Å². The Labute approximate surface area is 121 Å². The van der Waals surface area contributed by atoms with Crippen LogP contribution in [-0.2, 0) is 20.7 Å². The topological polar surface area (TPSA) is 43.4 Å². The number of aryl methyl sites for hydroxylation is 2. The molecule has 0 saturated carbocycles. The van der Waals surface area contributed by atoms with Crippen molar-refractivity contribution in [3.63, 3.8) is 0 Å². The number of Topliss-reactive ketones (excluding diaryl/α,β-unsaturated/α-hetero) is 1. The van der Waals surface area contributed by atoms with Crippen LogP contribution in [0.3, 0.4) is 0 Å². The van der Waals surface area contributed by atoms with E-state index in [0.29, 0.717) is 6.42 Å². The average Bonchev–Trinajstić information content (AvgIpc) is 2.33. The smallest absolute Gasteiger partial charge is 0.306 e. The zero-order chi connectivity index (χ0) is 15.2. The number of rotatable bonds is 6. The van der Waals surface area contributed by atoms with Crippen molar-refractivity contribution in [2.45, 2.75) is 59.0 Å². The zero-order valence-corrected chi connectivity index (χ0v) is 12.9. The lowest BCUT2D eigenvalue weighted by Gasteiger charge is -2.19. The molecule has 0 unspecified atom stereocenters. The first-order valence-electron chi connectivity index (χ1n) is 7.05. The lowest BCUT2D eigenvalue weighted by atomic mass is 10.0. The summed E-state index contributed by atoms with van der Waals surface area (Å²) < 4.78 is 5.17. The van der Waals surface area contributed by atoms with E-state index >= 15 is 0 Å². The predicted octanol–water partition coefficient (Wildman–Crippen LogP) is 3.62. The van der Waals surface area contributed by atoms with Crippen molar-refractivity contribution >= 4 is 11.8 Å². The summed E-state index contributed by atoms with van der Waals surface area (Å²) in [4.78, 5) is 23.2. The van der Waals surface area contributed by atoms with Gasteiger partial charge >= 0.3 is 5.97 Å². The van der Waals surface area contributed by atoms with E-state index in [0.717, 1.165) is 12.0 Å². The highest BCUT2D eigenvalue weighted by molar-refractivity contribution is 5.83. The molecule has 0 fully saturated rings. The summed E-state index contributed by atoms with van der Waals surface area (Å²) in [6.07, 6.45) is 1.64. The molecule has 0 bridgehead atoms. The Kier molecular flexibility index (Phi) is 5.93. The van der Waals surface area contributed by atoms with Crippen molar-refractivity contribution in [1.82, 2.24) is 0 Å². The van der Waals surface area contributed by atoms with Crippen molar-refractivity contribution in [1.29, 1.82) is 0 Å². The van der Waals surface area contributed by atoms with Crippen molar-refractivity contribution in [2.24, 2.45) is 0 Å². The normalized spacial score (nSPS) is 11.2. The number of carbonyl (C=O) groups is 2. The number of carbonyl (C=O) groups excluding carboxylic acids is 2. The van der Waals surface area contributed by atoms with E-state index in [1.165, 1.54) is 5.56 Å². The first-order chi connectivity index (χ1) is 9.26. The maximum Gasteiger partial charge on any atom is 0.306 e. The van der Waals surface area contributed by atoms with Gasteiger partial charge < -0.3 is 4.74 Å². The first kappa shape index (κ1) is 16.4. The average molecular weight is 276 g/mol. The van der Waals surface area contributed by atoms with Crippen LogP contribution in [0.5, 0.6) is 0 Å². The highest BCUT2D eigenvalue weighted by atomic mass is 16.6. The molecule has 110 valence electrons. The van der Waals surface area contributed by atoms with Gasteiger partial charge in [-0.05, 0) is 39.7 Å². The number of hydrogen-bond donors (Lipinski definition) is 0. The van der Waals surface area contributed by atoms with Gasteiger partial charge in [0.15, 0.2) is 0 Å². The summed E-state index contributed by atoms with van der Waals surface area (Å²) >= 11 is 0. The molecule has 0 spiro atoms. The number of benzene rings is 1. The fraction of sp³-hybridized carbons (Fsp3) is 0.529. The van der Waals surface area contributed by atoms with Gasteiger partial charge in [0.05, 0.1) is 6.42 Å². The Morgan fingerprint density at radius 3 is 2.15 bits per heavy atom. The van der Waals surface area contributed by atoms with Crippen LogP contribution in [0.4, 0.5) is 0 Å². The van der Waals surface area contributed by atoms with E-state index in [4.69, 9.17) is 4.74 Å². The summed E-state index contributed by atoms with van der Waals surface area (Å²) in [6.45, 7) is 7.51. The van der Waals surface area contributed by atoms with E-state index in [-0.39, 0.29) is 24.6 Å². The molecule has 0 N–H and O–H groups in total. The van der Waals surface area contributed by atoms with Crippen molar-refractivity contribution in [3.8, 4) is 0 Å². The van der Waals surface area contributed by atoms with Gasteiger partial charge in [-0.25, -0.2) is 0 Å². The van der Waals surface area contributed by atoms with Gasteiger partial charge in [-0.1, -0.05) is 29.8 Å². The molecule has 0 radical (unpaired) electrons. The monoisotopic (exact) mass is 276 g/mol. The SMILES string of the molecule is Cc1ccc(CCC(=O)CCC(=O)OC(C)(C)C)cc1. The molecule has 1 aromatic rings. The van der Waals surface area contributed by atoms with E-state index in [1.807, 2.05) is 52.0 Å². The Bertz CT molecular complexity index is 452. The summed E-state index contributed by atoms with van der Waals surface area (Å²) in [7, 11) is 0. The molecule has 20 heavy (non-hydrogen) atoms. The molecule has 0 atom stereocenters. The quantitative estimate of drug-likeness (QED) is 0.745. The molecule has 0 aliphatic rings. The summed E-state index contributed by atoms with van der Waals surface area (Å²) in [5, 5.41) is 0. The summed E-state index contributed by atoms with van der Waals surface area (Å²) in [5.41, 5.74) is 1.88.